The van der Waals surface area contributed by atoms with Crippen molar-refractivity contribution in [3.05, 3.63) is 52.7 Å². The number of nitrogens with one attached hydrogen (secondary N) is 2. The molecular formula is C26H36N2O5S. The quantitative estimate of drug-likeness (QED) is 0.349. The predicted octanol–water partition coefficient (Wildman–Crippen LogP) is 4.12. The molecule has 0 aliphatic rings. The van der Waals surface area contributed by atoms with E-state index >= 15 is 0 Å². The van der Waals surface area contributed by atoms with Gasteiger partial charge in [0.2, 0.25) is 5.91 Å². The van der Waals surface area contributed by atoms with Crippen molar-refractivity contribution < 1.29 is 23.9 Å². The van der Waals surface area contributed by atoms with Gasteiger partial charge in [-0.15, -0.1) is 0 Å². The molecule has 0 spiro atoms. The van der Waals surface area contributed by atoms with E-state index in [1.807, 2.05) is 41.9 Å². The van der Waals surface area contributed by atoms with Gasteiger partial charge in [0, 0.05) is 13.0 Å². The molecule has 2 atom stereocenters. The molecule has 186 valence electrons. The molecule has 7 nitrogen and oxygen atoms in total. The van der Waals surface area contributed by atoms with Crippen LogP contribution in [0.4, 0.5) is 0 Å². The third-order valence-electron chi connectivity index (χ3n) is 5.29. The minimum atomic E-state index is -0.528. The molecule has 2 amide bonds. The first-order chi connectivity index (χ1) is 16.5. The molecule has 0 radical (unpaired) electrons. The molecular weight excluding hydrogens is 452 g/mol. The van der Waals surface area contributed by atoms with Crippen molar-refractivity contribution in [2.24, 2.45) is 5.92 Å². The lowest BCUT2D eigenvalue weighted by atomic mass is 10.0. The van der Waals surface area contributed by atoms with Gasteiger partial charge in [-0.2, -0.15) is 11.3 Å². The van der Waals surface area contributed by atoms with E-state index in [1.165, 1.54) is 0 Å². The Morgan fingerprint density at radius 2 is 1.82 bits per heavy atom. The highest BCUT2D eigenvalue weighted by Gasteiger charge is 2.20. The minimum absolute atomic E-state index is 0.0159. The highest BCUT2D eigenvalue weighted by molar-refractivity contribution is 7.07. The molecule has 2 rings (SSSR count). The lowest BCUT2D eigenvalue weighted by Gasteiger charge is -2.18. The Labute approximate surface area is 206 Å². The highest BCUT2D eigenvalue weighted by Crippen LogP contribution is 2.10. The summed E-state index contributed by atoms with van der Waals surface area (Å²) in [6.07, 6.45) is 3.31. The first-order valence-electron chi connectivity index (χ1n) is 11.8. The number of hydrogen-bond donors (Lipinski definition) is 2. The highest BCUT2D eigenvalue weighted by atomic mass is 32.1. The summed E-state index contributed by atoms with van der Waals surface area (Å²) in [5.74, 6) is 0.304. The third kappa shape index (κ3) is 11.4. The summed E-state index contributed by atoms with van der Waals surface area (Å²) in [5, 5.41) is 9.67. The van der Waals surface area contributed by atoms with Crippen LogP contribution in [0.25, 0.3) is 0 Å². The van der Waals surface area contributed by atoms with E-state index in [9.17, 15) is 14.4 Å². The molecule has 0 saturated heterocycles. The van der Waals surface area contributed by atoms with Crippen LogP contribution in [0.1, 0.15) is 51.5 Å². The fraction of sp³-hybridized carbons (Fsp3) is 0.500. The summed E-state index contributed by atoms with van der Waals surface area (Å²) in [5.41, 5.74) is 1.04. The Balaban J connectivity index is 1.65. The van der Waals surface area contributed by atoms with E-state index in [2.05, 4.69) is 17.6 Å². The minimum Gasteiger partial charge on any atom is -0.484 e. The number of rotatable bonds is 17. The molecule has 0 fully saturated rings. The molecule has 0 aliphatic heterocycles. The van der Waals surface area contributed by atoms with Gasteiger partial charge >= 0.3 is 0 Å². The number of benzene rings is 1. The summed E-state index contributed by atoms with van der Waals surface area (Å²) < 4.78 is 11.0. The van der Waals surface area contributed by atoms with Crippen LogP contribution in [-0.4, -0.2) is 43.4 Å². The number of Topliss-reactive ketones (excluding diaryl/α,β-unsaturated/α-hetero) is 1. The monoisotopic (exact) mass is 488 g/mol. The maximum atomic E-state index is 12.6. The summed E-state index contributed by atoms with van der Waals surface area (Å²) in [7, 11) is 0. The van der Waals surface area contributed by atoms with Crippen molar-refractivity contribution >= 4 is 28.9 Å². The molecule has 34 heavy (non-hydrogen) atoms. The fourth-order valence-electron chi connectivity index (χ4n) is 3.22. The number of carbonyl (C=O) groups excluding carboxylic acids is 3. The number of carbonyl (C=O) groups is 3. The Kier molecular flexibility index (Phi) is 13.0. The number of hydrogen-bond acceptors (Lipinski definition) is 6. The molecule has 0 aliphatic carbocycles. The van der Waals surface area contributed by atoms with Gasteiger partial charge in [0.1, 0.15) is 12.4 Å². The standard InChI is InChI=1S/C26H36N2O5S/c1-3-4-10-23(24(29)17-32-16-21-13-14-34-19-21)28-25(30)12-11-20(2)15-27-26(31)18-33-22-8-6-5-7-9-22/h5-9,13-14,19-20,23H,3-4,10-12,15-18H2,1-2H3,(H,27,31)(H,28,30)/t20-,23-/m0/s1. The summed E-state index contributed by atoms with van der Waals surface area (Å²) in [6, 6.07) is 10.6. The third-order valence-corrected chi connectivity index (χ3v) is 6.02. The first-order valence-corrected chi connectivity index (χ1v) is 12.8. The fourth-order valence-corrected chi connectivity index (χ4v) is 3.87. The van der Waals surface area contributed by atoms with Gasteiger partial charge in [-0.25, -0.2) is 0 Å². The second kappa shape index (κ2) is 16.0. The Bertz CT molecular complexity index is 857. The van der Waals surface area contributed by atoms with E-state index in [0.29, 0.717) is 38.2 Å². The first kappa shape index (κ1) is 27.5. The maximum Gasteiger partial charge on any atom is 0.257 e. The van der Waals surface area contributed by atoms with Gasteiger partial charge in [-0.3, -0.25) is 14.4 Å². The summed E-state index contributed by atoms with van der Waals surface area (Å²) >= 11 is 1.59. The van der Waals surface area contributed by atoms with Crippen LogP contribution < -0.4 is 15.4 Å². The van der Waals surface area contributed by atoms with E-state index in [0.717, 1.165) is 18.4 Å². The van der Waals surface area contributed by atoms with E-state index in [-0.39, 0.29) is 36.7 Å². The molecule has 0 unspecified atom stereocenters. The number of ether oxygens (including phenoxy) is 2. The van der Waals surface area contributed by atoms with E-state index < -0.39 is 6.04 Å². The second-order valence-electron chi connectivity index (χ2n) is 8.40. The number of para-hydroxylation sites is 1. The molecule has 8 heteroatoms. The molecule has 0 bridgehead atoms. The van der Waals surface area contributed by atoms with E-state index in [1.54, 1.807) is 23.5 Å². The van der Waals surface area contributed by atoms with Crippen molar-refractivity contribution in [1.82, 2.24) is 10.6 Å². The predicted molar refractivity (Wildman–Crippen MR) is 134 cm³/mol. The Morgan fingerprint density at radius 1 is 1.03 bits per heavy atom. The van der Waals surface area contributed by atoms with Gasteiger partial charge in [-0.05, 0) is 53.3 Å². The normalized spacial score (nSPS) is 12.5. The zero-order chi connectivity index (χ0) is 24.6. The van der Waals surface area contributed by atoms with Crippen LogP contribution >= 0.6 is 11.3 Å². The zero-order valence-corrected chi connectivity index (χ0v) is 20.9. The van der Waals surface area contributed by atoms with Crippen molar-refractivity contribution in [2.75, 3.05) is 19.8 Å². The van der Waals surface area contributed by atoms with Crippen LogP contribution in [0, 0.1) is 5.92 Å². The van der Waals surface area contributed by atoms with Crippen LogP contribution in [0.5, 0.6) is 5.75 Å². The SMILES string of the molecule is CCCC[C@H](NC(=O)CC[C@H](C)CNC(=O)COc1ccccc1)C(=O)COCc1ccsc1. The lowest BCUT2D eigenvalue weighted by molar-refractivity contribution is -0.131. The molecule has 2 N–H and O–H groups in total. The van der Waals surface area contributed by atoms with E-state index in [4.69, 9.17) is 9.47 Å². The number of ketones is 1. The van der Waals surface area contributed by atoms with Crippen molar-refractivity contribution in [3.8, 4) is 5.75 Å². The summed E-state index contributed by atoms with van der Waals surface area (Å²) in [4.78, 5) is 37.0. The molecule has 1 aromatic heterocycles. The average Bonchev–Trinajstić information content (AvgIpc) is 3.36. The second-order valence-corrected chi connectivity index (χ2v) is 9.18. The number of unbranched alkanes of at least 4 members (excludes halogenated alkanes) is 1. The Morgan fingerprint density at radius 3 is 2.53 bits per heavy atom. The van der Waals surface area contributed by atoms with Gasteiger partial charge in [0.05, 0.1) is 12.6 Å². The van der Waals surface area contributed by atoms with Crippen LogP contribution in [0.15, 0.2) is 47.2 Å². The Hall–Kier alpha value is -2.71. The number of amides is 2. The zero-order valence-electron chi connectivity index (χ0n) is 20.1. The van der Waals surface area contributed by atoms with Crippen molar-refractivity contribution in [1.29, 1.82) is 0 Å². The van der Waals surface area contributed by atoms with Crippen molar-refractivity contribution in [3.63, 3.8) is 0 Å². The summed E-state index contributed by atoms with van der Waals surface area (Å²) in [6.45, 7) is 4.81. The van der Waals surface area contributed by atoms with Gasteiger partial charge in [-0.1, -0.05) is 44.9 Å². The maximum absolute atomic E-state index is 12.6. The molecule has 0 saturated carbocycles. The van der Waals surface area contributed by atoms with Crippen molar-refractivity contribution in [2.45, 2.75) is 58.6 Å². The number of thiophene rings is 1. The molecule has 1 heterocycles. The largest absolute Gasteiger partial charge is 0.484 e. The van der Waals surface area contributed by atoms with Gasteiger partial charge < -0.3 is 20.1 Å². The van der Waals surface area contributed by atoms with Gasteiger partial charge in [0.25, 0.3) is 5.91 Å². The molecule has 1 aromatic carbocycles. The van der Waals surface area contributed by atoms with Crippen LogP contribution in [0.2, 0.25) is 0 Å². The average molecular weight is 489 g/mol. The van der Waals surface area contributed by atoms with Gasteiger partial charge in [0.15, 0.2) is 12.4 Å². The van der Waals surface area contributed by atoms with Crippen LogP contribution in [0.3, 0.4) is 0 Å². The lowest BCUT2D eigenvalue weighted by Crippen LogP contribution is -2.42. The van der Waals surface area contributed by atoms with Crippen LogP contribution in [-0.2, 0) is 25.7 Å². The topological polar surface area (TPSA) is 93.7 Å². The molecule has 2 aromatic rings. The smallest absolute Gasteiger partial charge is 0.257 e.